The molecule has 0 aliphatic carbocycles. The summed E-state index contributed by atoms with van der Waals surface area (Å²) in [5.41, 5.74) is 3.74. The lowest BCUT2D eigenvalue weighted by atomic mass is 10.1. The highest BCUT2D eigenvalue weighted by atomic mass is 32.1. The Morgan fingerprint density at radius 2 is 2.05 bits per heavy atom. The normalized spacial score (nSPS) is 12.3. The van der Waals surface area contributed by atoms with E-state index in [-0.39, 0.29) is 6.04 Å². The molecule has 3 aromatic rings. The predicted octanol–water partition coefficient (Wildman–Crippen LogP) is 4.30. The number of imidazole rings is 1. The molecule has 0 saturated heterocycles. The second-order valence-electron chi connectivity index (χ2n) is 5.24. The van der Waals surface area contributed by atoms with Crippen molar-refractivity contribution >= 4 is 17.0 Å². The first kappa shape index (κ1) is 13.9. The van der Waals surface area contributed by atoms with E-state index in [1.807, 2.05) is 19.4 Å². The van der Waals surface area contributed by atoms with Gasteiger partial charge in [0.25, 0.3) is 0 Å². The van der Waals surface area contributed by atoms with Crippen molar-refractivity contribution in [3.8, 4) is 0 Å². The van der Waals surface area contributed by atoms with Gasteiger partial charge in [-0.05, 0) is 42.5 Å². The summed E-state index contributed by atoms with van der Waals surface area (Å²) in [5, 5.41) is 5.77. The van der Waals surface area contributed by atoms with Crippen LogP contribution in [0.5, 0.6) is 0 Å². The molecule has 2 aromatic heterocycles. The number of nitrogens with zero attached hydrogens (tertiary/aromatic N) is 2. The van der Waals surface area contributed by atoms with Crippen LogP contribution in [0.15, 0.2) is 48.1 Å². The summed E-state index contributed by atoms with van der Waals surface area (Å²) in [5.74, 6) is 1.03. The molecule has 4 heteroatoms. The van der Waals surface area contributed by atoms with E-state index in [0.717, 1.165) is 11.5 Å². The van der Waals surface area contributed by atoms with Crippen LogP contribution in [0.4, 0.5) is 5.69 Å². The van der Waals surface area contributed by atoms with Crippen LogP contribution in [0.25, 0.3) is 0 Å². The number of anilines is 1. The summed E-state index contributed by atoms with van der Waals surface area (Å²) in [6, 6.07) is 10.7. The molecular weight excluding hydrogens is 278 g/mol. The Bertz CT molecular complexity index is 728. The molecule has 21 heavy (non-hydrogen) atoms. The quantitative estimate of drug-likeness (QED) is 0.778. The lowest BCUT2D eigenvalue weighted by Crippen LogP contribution is -2.16. The van der Waals surface area contributed by atoms with Crippen LogP contribution >= 0.6 is 11.3 Å². The molecule has 1 aromatic carbocycles. The highest BCUT2D eigenvalue weighted by Crippen LogP contribution is 2.30. The van der Waals surface area contributed by atoms with Gasteiger partial charge in [0, 0.05) is 30.0 Å². The smallest absolute Gasteiger partial charge is 0.136 e. The maximum absolute atomic E-state index is 4.53. The zero-order valence-electron chi connectivity index (χ0n) is 12.5. The fraction of sp³-hybridized carbons (Fsp3) is 0.235. The fourth-order valence-corrected chi connectivity index (χ4v) is 3.21. The molecule has 1 atom stereocenters. The van der Waals surface area contributed by atoms with Gasteiger partial charge in [0.15, 0.2) is 0 Å². The first-order chi connectivity index (χ1) is 10.2. The minimum atomic E-state index is 0.0745. The molecule has 108 valence electrons. The van der Waals surface area contributed by atoms with Crippen LogP contribution in [-0.4, -0.2) is 9.55 Å². The zero-order valence-corrected chi connectivity index (χ0v) is 13.3. The third-order valence-corrected chi connectivity index (χ3v) is 4.79. The Labute approximate surface area is 129 Å². The van der Waals surface area contributed by atoms with Crippen LogP contribution < -0.4 is 5.32 Å². The standard InChI is InChI=1S/C17H19N3S/c1-12-6-4-7-14(13(12)2)19-16(15-8-5-11-21-15)17-18-9-10-20(17)3/h4-11,16,19H,1-3H3. The lowest BCUT2D eigenvalue weighted by Gasteiger charge is -2.20. The van der Waals surface area contributed by atoms with Crippen molar-refractivity contribution < 1.29 is 0 Å². The van der Waals surface area contributed by atoms with Crippen molar-refractivity contribution in [1.29, 1.82) is 0 Å². The molecule has 1 N–H and O–H groups in total. The van der Waals surface area contributed by atoms with Crippen LogP contribution in [0, 0.1) is 13.8 Å². The van der Waals surface area contributed by atoms with Crippen molar-refractivity contribution in [3.05, 3.63) is 69.9 Å². The van der Waals surface area contributed by atoms with E-state index in [0.29, 0.717) is 0 Å². The number of rotatable bonds is 4. The van der Waals surface area contributed by atoms with Gasteiger partial charge >= 0.3 is 0 Å². The Kier molecular flexibility index (Phi) is 3.80. The van der Waals surface area contributed by atoms with E-state index in [1.54, 1.807) is 11.3 Å². The molecule has 3 rings (SSSR count). The van der Waals surface area contributed by atoms with E-state index < -0.39 is 0 Å². The lowest BCUT2D eigenvalue weighted by molar-refractivity contribution is 0.756. The van der Waals surface area contributed by atoms with Gasteiger partial charge in [0.05, 0.1) is 0 Å². The van der Waals surface area contributed by atoms with E-state index in [2.05, 4.69) is 64.4 Å². The van der Waals surface area contributed by atoms with E-state index in [1.165, 1.54) is 16.0 Å². The Morgan fingerprint density at radius 3 is 2.71 bits per heavy atom. The molecule has 0 radical (unpaired) electrons. The van der Waals surface area contributed by atoms with Gasteiger partial charge in [0.2, 0.25) is 0 Å². The number of benzene rings is 1. The molecule has 0 amide bonds. The van der Waals surface area contributed by atoms with Crippen LogP contribution in [0.3, 0.4) is 0 Å². The number of aromatic nitrogens is 2. The number of thiophene rings is 1. The average molecular weight is 297 g/mol. The van der Waals surface area contributed by atoms with Gasteiger partial charge in [-0.2, -0.15) is 0 Å². The van der Waals surface area contributed by atoms with Crippen molar-refractivity contribution in [2.75, 3.05) is 5.32 Å². The van der Waals surface area contributed by atoms with Crippen molar-refractivity contribution in [2.45, 2.75) is 19.9 Å². The fourth-order valence-electron chi connectivity index (χ4n) is 2.44. The molecule has 0 aliphatic rings. The van der Waals surface area contributed by atoms with Gasteiger partial charge in [-0.1, -0.05) is 18.2 Å². The SMILES string of the molecule is Cc1cccc(NC(c2cccs2)c2nccn2C)c1C. The molecule has 3 nitrogen and oxygen atoms in total. The van der Waals surface area contributed by atoms with Crippen molar-refractivity contribution in [1.82, 2.24) is 9.55 Å². The molecule has 0 aliphatic heterocycles. The summed E-state index contributed by atoms with van der Waals surface area (Å²) in [4.78, 5) is 5.80. The first-order valence-corrected chi connectivity index (χ1v) is 7.88. The van der Waals surface area contributed by atoms with Crippen molar-refractivity contribution in [2.24, 2.45) is 7.05 Å². The average Bonchev–Trinajstić information content (AvgIpc) is 3.12. The third-order valence-electron chi connectivity index (χ3n) is 3.85. The molecule has 0 bridgehead atoms. The van der Waals surface area contributed by atoms with Crippen LogP contribution in [-0.2, 0) is 7.05 Å². The molecule has 1 unspecified atom stereocenters. The largest absolute Gasteiger partial charge is 0.371 e. The zero-order chi connectivity index (χ0) is 14.8. The Hall–Kier alpha value is -2.07. The topological polar surface area (TPSA) is 29.9 Å². The second-order valence-corrected chi connectivity index (χ2v) is 6.22. The highest BCUT2D eigenvalue weighted by Gasteiger charge is 2.20. The minimum Gasteiger partial charge on any atom is -0.371 e. The van der Waals surface area contributed by atoms with Gasteiger partial charge in [-0.15, -0.1) is 11.3 Å². The van der Waals surface area contributed by atoms with Gasteiger partial charge in [-0.3, -0.25) is 0 Å². The maximum atomic E-state index is 4.53. The number of hydrogen-bond donors (Lipinski definition) is 1. The predicted molar refractivity (Wildman–Crippen MR) is 88.9 cm³/mol. The molecular formula is C17H19N3S. The summed E-state index contributed by atoms with van der Waals surface area (Å²) in [6.45, 7) is 4.29. The summed E-state index contributed by atoms with van der Waals surface area (Å²) >= 11 is 1.75. The van der Waals surface area contributed by atoms with Crippen LogP contribution in [0.1, 0.15) is 27.9 Å². The molecule has 0 spiro atoms. The third kappa shape index (κ3) is 2.72. The monoisotopic (exact) mass is 297 g/mol. The Morgan fingerprint density at radius 1 is 1.19 bits per heavy atom. The minimum absolute atomic E-state index is 0.0745. The number of hydrogen-bond acceptors (Lipinski definition) is 3. The number of aryl methyl sites for hydroxylation is 2. The number of nitrogens with one attached hydrogen (secondary N) is 1. The van der Waals surface area contributed by atoms with E-state index >= 15 is 0 Å². The second kappa shape index (κ2) is 5.74. The van der Waals surface area contributed by atoms with Crippen molar-refractivity contribution in [3.63, 3.8) is 0 Å². The molecule has 0 saturated carbocycles. The van der Waals surface area contributed by atoms with E-state index in [9.17, 15) is 0 Å². The van der Waals surface area contributed by atoms with Gasteiger partial charge < -0.3 is 9.88 Å². The molecule has 0 fully saturated rings. The summed E-state index contributed by atoms with van der Waals surface area (Å²) < 4.78 is 2.07. The van der Waals surface area contributed by atoms with Gasteiger partial charge in [0.1, 0.15) is 11.9 Å². The van der Waals surface area contributed by atoms with Crippen LogP contribution in [0.2, 0.25) is 0 Å². The molecule has 2 heterocycles. The Balaban J connectivity index is 2.01. The summed E-state index contributed by atoms with van der Waals surface area (Å²) in [6.07, 6.45) is 3.83. The van der Waals surface area contributed by atoms with Gasteiger partial charge in [-0.25, -0.2) is 4.98 Å². The van der Waals surface area contributed by atoms with E-state index in [4.69, 9.17) is 0 Å². The maximum Gasteiger partial charge on any atom is 0.136 e. The first-order valence-electron chi connectivity index (χ1n) is 7.00. The highest BCUT2D eigenvalue weighted by molar-refractivity contribution is 7.10. The summed E-state index contributed by atoms with van der Waals surface area (Å²) in [7, 11) is 2.04.